The second kappa shape index (κ2) is 10.2. The number of carboxylic acids is 1. The van der Waals surface area contributed by atoms with Crippen molar-refractivity contribution in [3.05, 3.63) is 59.2 Å². The summed E-state index contributed by atoms with van der Waals surface area (Å²) in [6, 6.07) is 11.6. The van der Waals surface area contributed by atoms with Crippen LogP contribution in [0.25, 0.3) is 11.1 Å². The molecule has 29 heavy (non-hydrogen) atoms. The molecule has 3 N–H and O–H groups in total. The third-order valence-corrected chi connectivity index (χ3v) is 5.89. The van der Waals surface area contributed by atoms with Crippen molar-refractivity contribution in [3.63, 3.8) is 0 Å². The van der Waals surface area contributed by atoms with Gasteiger partial charge in [0.1, 0.15) is 6.04 Å². The number of carboxylic acid groups (broad SMARTS) is 1. The number of thioether (sulfide) groups is 1. The molecule has 2 unspecified atom stereocenters. The normalized spacial score (nSPS) is 13.9. The molecule has 158 valence electrons. The average Bonchev–Trinajstić information content (AvgIpc) is 2.63. The Labute approximate surface area is 173 Å². The molecule has 0 spiro atoms. The van der Waals surface area contributed by atoms with Crippen molar-refractivity contribution in [1.82, 2.24) is 0 Å². The molecule has 0 aliphatic carbocycles. The van der Waals surface area contributed by atoms with Crippen LogP contribution < -0.4 is 5.73 Å². The van der Waals surface area contributed by atoms with Crippen molar-refractivity contribution in [1.29, 1.82) is 0 Å². The molecule has 0 saturated heterocycles. The Hall–Kier alpha value is -1.99. The van der Waals surface area contributed by atoms with Crippen molar-refractivity contribution in [2.45, 2.75) is 44.8 Å². The van der Waals surface area contributed by atoms with Gasteiger partial charge >= 0.3 is 12.1 Å². The zero-order valence-electron chi connectivity index (χ0n) is 16.5. The zero-order valence-corrected chi connectivity index (χ0v) is 17.3. The molecule has 3 nitrogen and oxygen atoms in total. The number of hydrogen-bond donors (Lipinski definition) is 2. The van der Waals surface area contributed by atoms with Crippen LogP contribution in [-0.4, -0.2) is 34.8 Å². The first-order chi connectivity index (χ1) is 13.6. The van der Waals surface area contributed by atoms with Crippen molar-refractivity contribution in [3.8, 4) is 11.1 Å². The molecule has 0 aliphatic rings. The molecule has 0 saturated carbocycles. The van der Waals surface area contributed by atoms with E-state index >= 15 is 0 Å². The number of aliphatic carboxylic acids is 1. The quantitative estimate of drug-likeness (QED) is 0.518. The van der Waals surface area contributed by atoms with Crippen molar-refractivity contribution < 1.29 is 23.1 Å². The summed E-state index contributed by atoms with van der Waals surface area (Å²) in [5, 5.41) is 8.73. The Morgan fingerprint density at radius 1 is 1.07 bits per heavy atom. The maximum Gasteiger partial charge on any atom is 0.395 e. The van der Waals surface area contributed by atoms with Gasteiger partial charge in [0.15, 0.2) is 0 Å². The van der Waals surface area contributed by atoms with Crippen LogP contribution in [0.4, 0.5) is 13.2 Å². The van der Waals surface area contributed by atoms with Crippen LogP contribution >= 0.6 is 11.8 Å². The Morgan fingerprint density at radius 2 is 1.69 bits per heavy atom. The summed E-state index contributed by atoms with van der Waals surface area (Å²) in [6.45, 7) is 3.99. The van der Waals surface area contributed by atoms with Gasteiger partial charge in [0.2, 0.25) is 0 Å². The Morgan fingerprint density at radius 3 is 2.24 bits per heavy atom. The van der Waals surface area contributed by atoms with Crippen LogP contribution in [0, 0.1) is 13.8 Å². The van der Waals surface area contributed by atoms with Crippen LogP contribution in [0.3, 0.4) is 0 Å². The third kappa shape index (κ3) is 6.78. The van der Waals surface area contributed by atoms with E-state index in [2.05, 4.69) is 6.07 Å². The maximum atomic E-state index is 13.6. The molecule has 2 atom stereocenters. The molecule has 0 heterocycles. The number of rotatable bonds is 9. The maximum absolute atomic E-state index is 13.6. The molecule has 2 aromatic carbocycles. The Kier molecular flexibility index (Phi) is 8.16. The SMILES string of the molecule is Cc1ccc(-c2ccc(C(CCSCCC(N)C(=O)O)C(F)(F)F)cc2)c(C)c1. The monoisotopic (exact) mass is 425 g/mol. The van der Waals surface area contributed by atoms with Crippen molar-refractivity contribution in [2.24, 2.45) is 5.73 Å². The van der Waals surface area contributed by atoms with Gasteiger partial charge in [0, 0.05) is 0 Å². The number of alkyl halides is 3. The molecule has 0 amide bonds. The lowest BCUT2D eigenvalue weighted by Crippen LogP contribution is -2.30. The molecular formula is C22H26F3NO2S. The van der Waals surface area contributed by atoms with Crippen LogP contribution in [-0.2, 0) is 4.79 Å². The predicted molar refractivity (Wildman–Crippen MR) is 112 cm³/mol. The lowest BCUT2D eigenvalue weighted by atomic mass is 9.92. The van der Waals surface area contributed by atoms with E-state index in [1.807, 2.05) is 26.0 Å². The molecule has 0 aliphatic heterocycles. The molecule has 2 rings (SSSR count). The number of aryl methyl sites for hydroxylation is 2. The summed E-state index contributed by atoms with van der Waals surface area (Å²) in [5.41, 5.74) is 9.78. The lowest BCUT2D eigenvalue weighted by Gasteiger charge is -2.21. The van der Waals surface area contributed by atoms with Crippen LogP contribution in [0.5, 0.6) is 0 Å². The van der Waals surface area contributed by atoms with Crippen molar-refractivity contribution in [2.75, 3.05) is 11.5 Å². The van der Waals surface area contributed by atoms with Gasteiger partial charge < -0.3 is 10.8 Å². The summed E-state index contributed by atoms with van der Waals surface area (Å²) in [7, 11) is 0. The van der Waals surface area contributed by atoms with Gasteiger partial charge in [-0.05, 0) is 60.4 Å². The minimum Gasteiger partial charge on any atom is -0.480 e. The number of halogens is 3. The van der Waals surface area contributed by atoms with E-state index in [1.165, 1.54) is 11.8 Å². The summed E-state index contributed by atoms with van der Waals surface area (Å²) in [5.74, 6) is -1.93. The largest absolute Gasteiger partial charge is 0.480 e. The Bertz CT molecular complexity index is 822. The van der Waals surface area contributed by atoms with Crippen LogP contribution in [0.1, 0.15) is 35.4 Å². The highest BCUT2D eigenvalue weighted by Gasteiger charge is 2.40. The molecule has 7 heteroatoms. The smallest absolute Gasteiger partial charge is 0.395 e. The van der Waals surface area contributed by atoms with Gasteiger partial charge in [-0.15, -0.1) is 0 Å². The van der Waals surface area contributed by atoms with E-state index in [0.29, 0.717) is 5.75 Å². The van der Waals surface area contributed by atoms with E-state index in [-0.39, 0.29) is 24.2 Å². The van der Waals surface area contributed by atoms with Gasteiger partial charge in [0.25, 0.3) is 0 Å². The van der Waals surface area contributed by atoms with E-state index in [4.69, 9.17) is 10.8 Å². The number of hydrogen-bond acceptors (Lipinski definition) is 3. The summed E-state index contributed by atoms with van der Waals surface area (Å²) in [4.78, 5) is 10.7. The molecule has 0 bridgehead atoms. The van der Waals surface area contributed by atoms with E-state index in [1.54, 1.807) is 24.3 Å². The van der Waals surface area contributed by atoms with Gasteiger partial charge in [0.05, 0.1) is 5.92 Å². The minimum atomic E-state index is -4.33. The molecule has 0 fully saturated rings. The van der Waals surface area contributed by atoms with Gasteiger partial charge in [-0.3, -0.25) is 4.79 Å². The highest BCUT2D eigenvalue weighted by molar-refractivity contribution is 7.99. The summed E-state index contributed by atoms with van der Waals surface area (Å²) < 4.78 is 40.7. The van der Waals surface area contributed by atoms with Gasteiger partial charge in [-0.2, -0.15) is 24.9 Å². The van der Waals surface area contributed by atoms with E-state index in [0.717, 1.165) is 22.3 Å². The number of carbonyl (C=O) groups is 1. The first-order valence-corrected chi connectivity index (χ1v) is 10.6. The summed E-state index contributed by atoms with van der Waals surface area (Å²) in [6.07, 6.45) is -4.15. The molecule has 0 radical (unpaired) electrons. The Balaban J connectivity index is 2.04. The third-order valence-electron chi connectivity index (χ3n) is 4.84. The second-order valence-corrected chi connectivity index (χ2v) is 8.39. The van der Waals surface area contributed by atoms with E-state index < -0.39 is 24.1 Å². The molecule has 2 aromatic rings. The second-order valence-electron chi connectivity index (χ2n) is 7.17. The standard InChI is InChI=1S/C22H26F3NO2S/c1-14-3-8-18(15(2)13-14)16-4-6-17(7-5-16)19(22(23,24)25)9-11-29-12-10-20(26)21(27)28/h3-8,13,19-20H,9-12,26H2,1-2H3,(H,27,28). The molecule has 0 aromatic heterocycles. The summed E-state index contributed by atoms with van der Waals surface area (Å²) >= 11 is 1.30. The highest BCUT2D eigenvalue weighted by atomic mass is 32.2. The first kappa shape index (κ1) is 23.3. The van der Waals surface area contributed by atoms with Crippen LogP contribution in [0.15, 0.2) is 42.5 Å². The van der Waals surface area contributed by atoms with Gasteiger partial charge in [-0.25, -0.2) is 0 Å². The average molecular weight is 426 g/mol. The fourth-order valence-corrected chi connectivity index (χ4v) is 4.22. The predicted octanol–water partition coefficient (Wildman–Crippen LogP) is 5.54. The van der Waals surface area contributed by atoms with Crippen molar-refractivity contribution >= 4 is 17.7 Å². The highest BCUT2D eigenvalue weighted by Crippen LogP contribution is 2.39. The lowest BCUT2D eigenvalue weighted by molar-refractivity contribution is -0.150. The van der Waals surface area contributed by atoms with E-state index in [9.17, 15) is 18.0 Å². The number of benzene rings is 2. The number of nitrogens with two attached hydrogens (primary N) is 1. The zero-order chi connectivity index (χ0) is 21.6. The van der Waals surface area contributed by atoms with Gasteiger partial charge in [-0.1, -0.05) is 48.0 Å². The fraction of sp³-hybridized carbons (Fsp3) is 0.409. The topological polar surface area (TPSA) is 63.3 Å². The molecular weight excluding hydrogens is 399 g/mol. The minimum absolute atomic E-state index is 0.0562. The first-order valence-electron chi connectivity index (χ1n) is 9.40. The fourth-order valence-electron chi connectivity index (χ4n) is 3.19. The van der Waals surface area contributed by atoms with Crippen LogP contribution in [0.2, 0.25) is 0 Å².